The topological polar surface area (TPSA) is 38.7 Å². The predicted molar refractivity (Wildman–Crippen MR) is 70.7 cm³/mol. The number of hydrogen-bond donors (Lipinski definition) is 1. The predicted octanol–water partition coefficient (Wildman–Crippen LogP) is 3.54. The van der Waals surface area contributed by atoms with E-state index in [4.69, 9.17) is 9.47 Å². The average molecular weight is 343 g/mol. The Kier molecular flexibility index (Phi) is 3.35. The molecular weight excluding hydrogens is 334 g/mol. The van der Waals surface area contributed by atoms with E-state index in [0.29, 0.717) is 21.5 Å². The maximum absolute atomic E-state index is 13.2. The number of aliphatic hydroxyl groups excluding tert-OH is 1. The highest BCUT2D eigenvalue weighted by Crippen LogP contribution is 2.42. The van der Waals surface area contributed by atoms with Crippen molar-refractivity contribution in [1.29, 1.82) is 0 Å². The first kappa shape index (κ1) is 13.3. The van der Waals surface area contributed by atoms with Crippen molar-refractivity contribution in [3.8, 4) is 11.5 Å². The van der Waals surface area contributed by atoms with Crippen LogP contribution in [0.15, 0.2) is 34.8 Å². The number of hydrogen-bond acceptors (Lipinski definition) is 3. The molecule has 0 saturated carbocycles. The summed E-state index contributed by atoms with van der Waals surface area (Å²) in [5.41, 5.74) is 0.583. The Morgan fingerprint density at radius 3 is 2.35 bits per heavy atom. The molecule has 1 atom stereocenters. The summed E-state index contributed by atoms with van der Waals surface area (Å²) in [6, 6.07) is 6.14. The third-order valence-corrected chi connectivity index (χ3v) is 3.55. The second kappa shape index (κ2) is 5.03. The normalized spacial score (nSPS) is 14.4. The van der Waals surface area contributed by atoms with Crippen LogP contribution in [0.25, 0.3) is 0 Å². The summed E-state index contributed by atoms with van der Waals surface area (Å²) in [6.07, 6.45) is -1.16. The first-order chi connectivity index (χ1) is 9.54. The van der Waals surface area contributed by atoms with E-state index in [1.807, 2.05) is 0 Å². The number of ether oxygens (including phenoxy) is 2. The smallest absolute Gasteiger partial charge is 0.231 e. The molecule has 0 radical (unpaired) electrons. The van der Waals surface area contributed by atoms with E-state index in [1.54, 1.807) is 12.1 Å². The fraction of sp³-hybridized carbons (Fsp3) is 0.143. The van der Waals surface area contributed by atoms with Gasteiger partial charge >= 0.3 is 0 Å². The number of rotatable bonds is 2. The van der Waals surface area contributed by atoms with E-state index < -0.39 is 17.7 Å². The van der Waals surface area contributed by atoms with Crippen LogP contribution in [0.1, 0.15) is 17.2 Å². The summed E-state index contributed by atoms with van der Waals surface area (Å²) >= 11 is 3.30. The molecule has 2 aromatic rings. The fourth-order valence-electron chi connectivity index (χ4n) is 2.07. The molecule has 0 aromatic heterocycles. The molecule has 0 aliphatic carbocycles. The number of benzene rings is 2. The fourth-order valence-corrected chi connectivity index (χ4v) is 2.64. The molecule has 2 aromatic carbocycles. The Hall–Kier alpha value is -1.66. The van der Waals surface area contributed by atoms with Crippen molar-refractivity contribution in [3.05, 3.63) is 57.6 Å². The molecule has 1 aliphatic heterocycles. The summed E-state index contributed by atoms with van der Waals surface area (Å²) in [5, 5.41) is 10.2. The van der Waals surface area contributed by atoms with E-state index >= 15 is 0 Å². The van der Waals surface area contributed by atoms with Gasteiger partial charge in [0.05, 0.1) is 4.47 Å². The van der Waals surface area contributed by atoms with Crippen LogP contribution in [0.3, 0.4) is 0 Å². The molecule has 1 unspecified atom stereocenters. The maximum atomic E-state index is 13.2. The first-order valence-electron chi connectivity index (χ1n) is 5.77. The van der Waals surface area contributed by atoms with E-state index in [2.05, 4.69) is 15.9 Å². The lowest BCUT2D eigenvalue weighted by Gasteiger charge is -2.13. The molecule has 0 spiro atoms. The second-order valence-corrected chi connectivity index (χ2v) is 5.20. The summed E-state index contributed by atoms with van der Waals surface area (Å²) in [7, 11) is 0. The standard InChI is InChI=1S/C14H9BrF2O3/c15-11-3-8(4-12-14(11)20-6-19-12)13(18)7-1-9(16)5-10(17)2-7/h1-5,13,18H,6H2. The van der Waals surface area contributed by atoms with Crippen molar-refractivity contribution in [1.82, 2.24) is 0 Å². The summed E-state index contributed by atoms with van der Waals surface area (Å²) in [4.78, 5) is 0. The van der Waals surface area contributed by atoms with Gasteiger partial charge in [0.15, 0.2) is 11.5 Å². The van der Waals surface area contributed by atoms with E-state index in [0.717, 1.165) is 18.2 Å². The van der Waals surface area contributed by atoms with Crippen LogP contribution >= 0.6 is 15.9 Å². The Bertz CT molecular complexity index is 655. The lowest BCUT2D eigenvalue weighted by Crippen LogP contribution is -2.01. The molecule has 0 amide bonds. The van der Waals surface area contributed by atoms with Crippen LogP contribution in [-0.2, 0) is 0 Å². The highest BCUT2D eigenvalue weighted by Gasteiger charge is 2.21. The van der Waals surface area contributed by atoms with E-state index in [-0.39, 0.29) is 12.4 Å². The van der Waals surface area contributed by atoms with Gasteiger partial charge in [-0.15, -0.1) is 0 Å². The van der Waals surface area contributed by atoms with Crippen LogP contribution in [0.5, 0.6) is 11.5 Å². The Morgan fingerprint density at radius 2 is 1.65 bits per heavy atom. The summed E-state index contributed by atoms with van der Waals surface area (Å²) in [5.74, 6) is -0.450. The second-order valence-electron chi connectivity index (χ2n) is 4.34. The molecule has 1 N–H and O–H groups in total. The van der Waals surface area contributed by atoms with E-state index in [1.165, 1.54) is 0 Å². The zero-order valence-corrected chi connectivity index (χ0v) is 11.7. The van der Waals surface area contributed by atoms with Crippen LogP contribution in [-0.4, -0.2) is 11.9 Å². The minimum Gasteiger partial charge on any atom is -0.454 e. The SMILES string of the molecule is OC(c1cc(F)cc(F)c1)c1cc(Br)c2c(c1)OCO2. The maximum Gasteiger partial charge on any atom is 0.231 e. The van der Waals surface area contributed by atoms with Crippen molar-refractivity contribution >= 4 is 15.9 Å². The Morgan fingerprint density at radius 1 is 1.00 bits per heavy atom. The molecule has 104 valence electrons. The number of fused-ring (bicyclic) bond motifs is 1. The molecule has 1 heterocycles. The lowest BCUT2D eigenvalue weighted by molar-refractivity contribution is 0.173. The largest absolute Gasteiger partial charge is 0.454 e. The van der Waals surface area contributed by atoms with Crippen molar-refractivity contribution in [2.75, 3.05) is 6.79 Å². The molecular formula is C14H9BrF2O3. The molecule has 3 rings (SSSR count). The summed E-state index contributed by atoms with van der Waals surface area (Å²) in [6.45, 7) is 0.0993. The van der Waals surface area contributed by atoms with Gasteiger partial charge in [-0.1, -0.05) is 0 Å². The van der Waals surface area contributed by atoms with Gasteiger partial charge in [-0.05, 0) is 51.3 Å². The first-order valence-corrected chi connectivity index (χ1v) is 6.57. The van der Waals surface area contributed by atoms with Crippen molar-refractivity contribution in [2.24, 2.45) is 0 Å². The Labute approximate surface area is 121 Å². The molecule has 20 heavy (non-hydrogen) atoms. The molecule has 1 aliphatic rings. The quantitative estimate of drug-likeness (QED) is 0.907. The zero-order chi connectivity index (χ0) is 14.3. The minimum absolute atomic E-state index is 0.0993. The van der Waals surface area contributed by atoms with Gasteiger partial charge in [0.25, 0.3) is 0 Å². The van der Waals surface area contributed by atoms with Gasteiger partial charge in [-0.25, -0.2) is 8.78 Å². The molecule has 0 bridgehead atoms. The summed E-state index contributed by atoms with van der Waals surface area (Å²) < 4.78 is 37.5. The van der Waals surface area contributed by atoms with Gasteiger partial charge in [0.2, 0.25) is 6.79 Å². The van der Waals surface area contributed by atoms with Gasteiger partial charge < -0.3 is 14.6 Å². The Balaban J connectivity index is 2.02. The highest BCUT2D eigenvalue weighted by atomic mass is 79.9. The monoisotopic (exact) mass is 342 g/mol. The van der Waals surface area contributed by atoms with Gasteiger partial charge in [-0.2, -0.15) is 0 Å². The van der Waals surface area contributed by atoms with Crippen LogP contribution in [0.4, 0.5) is 8.78 Å². The van der Waals surface area contributed by atoms with E-state index in [9.17, 15) is 13.9 Å². The number of aliphatic hydroxyl groups is 1. The lowest BCUT2D eigenvalue weighted by atomic mass is 10.0. The molecule has 0 saturated heterocycles. The minimum atomic E-state index is -1.16. The third kappa shape index (κ3) is 2.36. The zero-order valence-electron chi connectivity index (χ0n) is 10.1. The van der Waals surface area contributed by atoms with Crippen LogP contribution in [0.2, 0.25) is 0 Å². The van der Waals surface area contributed by atoms with Gasteiger partial charge in [0, 0.05) is 6.07 Å². The van der Waals surface area contributed by atoms with Crippen molar-refractivity contribution in [3.63, 3.8) is 0 Å². The third-order valence-electron chi connectivity index (χ3n) is 2.97. The van der Waals surface area contributed by atoms with Crippen molar-refractivity contribution in [2.45, 2.75) is 6.10 Å². The van der Waals surface area contributed by atoms with Crippen LogP contribution < -0.4 is 9.47 Å². The van der Waals surface area contributed by atoms with Gasteiger partial charge in [-0.3, -0.25) is 0 Å². The average Bonchev–Trinajstić information content (AvgIpc) is 2.85. The van der Waals surface area contributed by atoms with Crippen molar-refractivity contribution < 1.29 is 23.4 Å². The molecule has 6 heteroatoms. The number of halogens is 3. The highest BCUT2D eigenvalue weighted by molar-refractivity contribution is 9.10. The van der Waals surface area contributed by atoms with Crippen LogP contribution in [0, 0.1) is 11.6 Å². The van der Waals surface area contributed by atoms with Gasteiger partial charge in [0.1, 0.15) is 17.7 Å². The molecule has 0 fully saturated rings. The molecule has 3 nitrogen and oxygen atoms in total.